The second kappa shape index (κ2) is 6.86. The summed E-state index contributed by atoms with van der Waals surface area (Å²) >= 11 is 0. The summed E-state index contributed by atoms with van der Waals surface area (Å²) in [6, 6.07) is 2.78. The highest BCUT2D eigenvalue weighted by molar-refractivity contribution is 5.93. The Labute approximate surface area is 167 Å². The summed E-state index contributed by atoms with van der Waals surface area (Å²) in [6.45, 7) is 6.36. The monoisotopic (exact) mass is 401 g/mol. The fraction of sp³-hybridized carbons (Fsp3) is 0.476. The van der Waals surface area contributed by atoms with Gasteiger partial charge in [0.25, 0.3) is 0 Å². The molecule has 7 nitrogen and oxygen atoms in total. The Morgan fingerprint density at radius 3 is 2.28 bits per heavy atom. The minimum absolute atomic E-state index is 0.00703. The first-order valence-corrected chi connectivity index (χ1v) is 9.84. The van der Waals surface area contributed by atoms with E-state index in [1.807, 2.05) is 18.7 Å². The minimum atomic E-state index is -1.31. The number of pyridine rings is 1. The number of carbonyl (C=O) groups is 2. The van der Waals surface area contributed by atoms with Gasteiger partial charge >= 0.3 is 5.97 Å². The van der Waals surface area contributed by atoms with Crippen molar-refractivity contribution in [2.45, 2.75) is 51.7 Å². The van der Waals surface area contributed by atoms with Crippen LogP contribution in [-0.4, -0.2) is 51.6 Å². The number of hydrogen-bond acceptors (Lipinski definition) is 4. The zero-order valence-corrected chi connectivity index (χ0v) is 16.7. The van der Waals surface area contributed by atoms with Gasteiger partial charge in [-0.1, -0.05) is 0 Å². The van der Waals surface area contributed by atoms with Gasteiger partial charge in [-0.05, 0) is 38.8 Å². The van der Waals surface area contributed by atoms with Crippen molar-refractivity contribution in [3.05, 3.63) is 39.9 Å². The number of fused-ring (bicyclic) bond motifs is 1. The molecule has 4 rings (SSSR count). The van der Waals surface area contributed by atoms with Gasteiger partial charge in [-0.3, -0.25) is 9.59 Å². The van der Waals surface area contributed by atoms with Gasteiger partial charge in [0.15, 0.2) is 0 Å². The molecule has 2 heterocycles. The number of aromatic nitrogens is 1. The lowest BCUT2D eigenvalue weighted by atomic mass is 10.0. The summed E-state index contributed by atoms with van der Waals surface area (Å²) in [5.74, 6) is -1.87. The van der Waals surface area contributed by atoms with E-state index in [1.165, 1.54) is 13.1 Å². The predicted molar refractivity (Wildman–Crippen MR) is 107 cm³/mol. The van der Waals surface area contributed by atoms with E-state index in [2.05, 4.69) is 0 Å². The van der Waals surface area contributed by atoms with Crippen LogP contribution in [0.4, 0.5) is 10.1 Å². The lowest BCUT2D eigenvalue weighted by Crippen LogP contribution is -2.58. The van der Waals surface area contributed by atoms with Crippen LogP contribution in [0.15, 0.2) is 23.1 Å². The summed E-state index contributed by atoms with van der Waals surface area (Å²) in [4.78, 5) is 39.7. The second-order valence-corrected chi connectivity index (χ2v) is 8.17. The average molecular weight is 401 g/mol. The number of amides is 1. The molecule has 1 amide bonds. The van der Waals surface area contributed by atoms with Crippen LogP contribution < -0.4 is 10.3 Å². The van der Waals surface area contributed by atoms with Gasteiger partial charge in [-0.2, -0.15) is 0 Å². The number of benzene rings is 1. The topological polar surface area (TPSA) is 82.8 Å². The molecule has 0 spiro atoms. The number of hydrogen-bond donors (Lipinski definition) is 1. The number of anilines is 1. The normalized spacial score (nSPS) is 22.2. The van der Waals surface area contributed by atoms with Crippen LogP contribution in [0, 0.1) is 5.82 Å². The molecule has 2 fully saturated rings. The van der Waals surface area contributed by atoms with Gasteiger partial charge in [0.05, 0.1) is 11.2 Å². The second-order valence-electron chi connectivity index (χ2n) is 8.17. The van der Waals surface area contributed by atoms with E-state index >= 15 is 4.39 Å². The van der Waals surface area contributed by atoms with Crippen LogP contribution >= 0.6 is 0 Å². The van der Waals surface area contributed by atoms with Crippen LogP contribution in [-0.2, 0) is 4.79 Å². The molecule has 0 bridgehead atoms. The molecule has 1 saturated heterocycles. The first-order valence-electron chi connectivity index (χ1n) is 9.84. The van der Waals surface area contributed by atoms with E-state index in [0.717, 1.165) is 18.9 Å². The number of carboxylic acid groups (broad SMARTS) is 1. The zero-order valence-electron chi connectivity index (χ0n) is 16.7. The van der Waals surface area contributed by atoms with Gasteiger partial charge in [0.1, 0.15) is 11.4 Å². The third kappa shape index (κ3) is 3.26. The van der Waals surface area contributed by atoms with Crippen molar-refractivity contribution in [3.8, 4) is 0 Å². The molecule has 1 aromatic heterocycles. The van der Waals surface area contributed by atoms with Crippen molar-refractivity contribution in [3.63, 3.8) is 0 Å². The van der Waals surface area contributed by atoms with Gasteiger partial charge in [-0.15, -0.1) is 0 Å². The largest absolute Gasteiger partial charge is 0.477 e. The van der Waals surface area contributed by atoms with Gasteiger partial charge < -0.3 is 19.5 Å². The maximum absolute atomic E-state index is 15.1. The average Bonchev–Trinajstić information content (AvgIpc) is 3.45. The van der Waals surface area contributed by atoms with Gasteiger partial charge in [0, 0.05) is 49.7 Å². The van der Waals surface area contributed by atoms with E-state index in [1.54, 1.807) is 15.5 Å². The maximum atomic E-state index is 15.1. The fourth-order valence-corrected chi connectivity index (χ4v) is 4.55. The first-order chi connectivity index (χ1) is 13.7. The Bertz CT molecular complexity index is 1060. The smallest absolute Gasteiger partial charge is 0.341 e. The SMILES string of the molecule is CC(=O)N1C(C)CN(c2cc3c(cc2F)c(=O)c(C(=O)O)cn3C2CC2)CC1C. The standard InChI is InChI=1S/C21H24FN3O4/c1-11-8-23(9-12(2)25(11)13(3)26)19-7-18-15(6-17(19)22)20(27)16(21(28)29)10-24(18)14-4-5-14/h6-7,10-12,14H,4-5,8-9H2,1-3H3,(H,28,29). The Kier molecular flexibility index (Phi) is 4.59. The zero-order chi connectivity index (χ0) is 21.0. The van der Waals surface area contributed by atoms with Gasteiger partial charge in [-0.25, -0.2) is 9.18 Å². The van der Waals surface area contributed by atoms with E-state index in [-0.39, 0.29) is 35.0 Å². The van der Waals surface area contributed by atoms with E-state index < -0.39 is 17.2 Å². The molecule has 1 aromatic carbocycles. The summed E-state index contributed by atoms with van der Waals surface area (Å²) in [5, 5.41) is 9.44. The molecule has 2 aromatic rings. The molecular weight excluding hydrogens is 377 g/mol. The summed E-state index contributed by atoms with van der Waals surface area (Å²) in [5.41, 5.74) is -0.0867. The Hall–Kier alpha value is -2.90. The molecular formula is C21H24FN3O4. The van der Waals surface area contributed by atoms with Gasteiger partial charge in [0.2, 0.25) is 11.3 Å². The number of carboxylic acids is 1. The molecule has 2 aliphatic rings. The molecule has 1 aliphatic carbocycles. The van der Waals surface area contributed by atoms with Crippen molar-refractivity contribution in [2.75, 3.05) is 18.0 Å². The summed E-state index contributed by atoms with van der Waals surface area (Å²) in [7, 11) is 0. The molecule has 29 heavy (non-hydrogen) atoms. The van der Waals surface area contributed by atoms with Crippen molar-refractivity contribution in [2.24, 2.45) is 0 Å². The van der Waals surface area contributed by atoms with Crippen molar-refractivity contribution in [1.82, 2.24) is 9.47 Å². The maximum Gasteiger partial charge on any atom is 0.341 e. The van der Waals surface area contributed by atoms with Crippen molar-refractivity contribution < 1.29 is 19.1 Å². The number of carbonyl (C=O) groups excluding carboxylic acids is 1. The Morgan fingerprint density at radius 2 is 1.76 bits per heavy atom. The molecule has 1 aliphatic heterocycles. The highest BCUT2D eigenvalue weighted by Gasteiger charge is 2.33. The van der Waals surface area contributed by atoms with E-state index in [9.17, 15) is 19.5 Å². The minimum Gasteiger partial charge on any atom is -0.477 e. The molecule has 2 unspecified atom stereocenters. The third-order valence-corrected chi connectivity index (χ3v) is 5.89. The van der Waals surface area contributed by atoms with Crippen LogP contribution in [0.5, 0.6) is 0 Å². The molecule has 2 atom stereocenters. The highest BCUT2D eigenvalue weighted by Crippen LogP contribution is 2.38. The third-order valence-electron chi connectivity index (χ3n) is 5.89. The molecule has 1 saturated carbocycles. The summed E-state index contributed by atoms with van der Waals surface area (Å²) in [6.07, 6.45) is 3.18. The Balaban J connectivity index is 1.83. The van der Waals surface area contributed by atoms with Crippen LogP contribution in [0.3, 0.4) is 0 Å². The lowest BCUT2D eigenvalue weighted by Gasteiger charge is -2.45. The molecule has 1 N–H and O–H groups in total. The number of aromatic carboxylic acids is 1. The molecule has 154 valence electrons. The quantitative estimate of drug-likeness (QED) is 0.855. The summed E-state index contributed by atoms with van der Waals surface area (Å²) < 4.78 is 16.9. The number of nitrogens with zero attached hydrogens (tertiary/aromatic N) is 3. The van der Waals surface area contributed by atoms with E-state index in [4.69, 9.17) is 0 Å². The van der Waals surface area contributed by atoms with Crippen LogP contribution in [0.25, 0.3) is 10.9 Å². The molecule has 0 radical (unpaired) electrons. The van der Waals surface area contributed by atoms with Crippen molar-refractivity contribution >= 4 is 28.5 Å². The van der Waals surface area contributed by atoms with Crippen LogP contribution in [0.1, 0.15) is 50.0 Å². The van der Waals surface area contributed by atoms with Crippen LogP contribution in [0.2, 0.25) is 0 Å². The van der Waals surface area contributed by atoms with Crippen molar-refractivity contribution in [1.29, 1.82) is 0 Å². The highest BCUT2D eigenvalue weighted by atomic mass is 19.1. The Morgan fingerprint density at radius 1 is 1.14 bits per heavy atom. The number of halogens is 1. The number of rotatable bonds is 3. The molecule has 8 heteroatoms. The predicted octanol–water partition coefficient (Wildman–Crippen LogP) is 2.62. The first kappa shape index (κ1) is 19.4. The lowest BCUT2D eigenvalue weighted by molar-refractivity contribution is -0.133. The fourth-order valence-electron chi connectivity index (χ4n) is 4.55. The van der Waals surface area contributed by atoms with E-state index in [0.29, 0.717) is 24.3 Å². The number of piperazine rings is 1.